The summed E-state index contributed by atoms with van der Waals surface area (Å²) >= 11 is 0. The third kappa shape index (κ3) is 3.57. The first-order valence-corrected chi connectivity index (χ1v) is 6.35. The number of rotatable bonds is 4. The molecule has 2 heterocycles. The summed E-state index contributed by atoms with van der Waals surface area (Å²) in [6, 6.07) is 1.74. The Balaban J connectivity index is 1.83. The third-order valence-electron chi connectivity index (χ3n) is 3.28. The maximum Gasteiger partial charge on any atom is 0.304 e. The Morgan fingerprint density at radius 1 is 1.32 bits per heavy atom. The fourth-order valence-corrected chi connectivity index (χ4v) is 2.17. The Kier molecular flexibility index (Phi) is 4.21. The number of aliphatic carboxylic acids is 1. The van der Waals surface area contributed by atoms with Gasteiger partial charge in [0.2, 0.25) is 0 Å². The van der Waals surface area contributed by atoms with E-state index in [-0.39, 0.29) is 12.3 Å². The van der Waals surface area contributed by atoms with Gasteiger partial charge in [-0.2, -0.15) is 0 Å². The van der Waals surface area contributed by atoms with Crippen molar-refractivity contribution in [2.24, 2.45) is 0 Å². The molecule has 1 fully saturated rings. The average molecular weight is 266 g/mol. The van der Waals surface area contributed by atoms with E-state index in [1.165, 1.54) is 6.26 Å². The molecular weight excluding hydrogens is 248 g/mol. The number of furan rings is 1. The number of carbonyl (C=O) groups is 2. The van der Waals surface area contributed by atoms with Crippen LogP contribution in [0, 0.1) is 6.92 Å². The molecule has 104 valence electrons. The first kappa shape index (κ1) is 13.6. The van der Waals surface area contributed by atoms with Gasteiger partial charge in [-0.1, -0.05) is 0 Å². The van der Waals surface area contributed by atoms with E-state index in [0.717, 1.165) is 18.8 Å². The molecule has 1 N–H and O–H groups in total. The standard InChI is InChI=1S/C13H18N2O4/c1-10-8-11(9-19-10)13(18)15-6-4-14(5-7-15)3-2-12(16)17/h8-9H,2-7H2,1H3,(H,16,17). The van der Waals surface area contributed by atoms with Crippen LogP contribution in [0.25, 0.3) is 0 Å². The fraction of sp³-hybridized carbons (Fsp3) is 0.538. The van der Waals surface area contributed by atoms with Crippen molar-refractivity contribution in [3.63, 3.8) is 0 Å². The minimum atomic E-state index is -0.785. The minimum absolute atomic E-state index is 0.0188. The van der Waals surface area contributed by atoms with Crippen molar-refractivity contribution >= 4 is 11.9 Å². The number of aryl methyl sites for hydroxylation is 1. The van der Waals surface area contributed by atoms with Crippen molar-refractivity contribution < 1.29 is 19.1 Å². The van der Waals surface area contributed by atoms with Gasteiger partial charge in [0.1, 0.15) is 12.0 Å². The summed E-state index contributed by atoms with van der Waals surface area (Å²) in [5.41, 5.74) is 0.580. The van der Waals surface area contributed by atoms with Crippen molar-refractivity contribution in [3.8, 4) is 0 Å². The van der Waals surface area contributed by atoms with Crippen molar-refractivity contribution in [2.45, 2.75) is 13.3 Å². The third-order valence-corrected chi connectivity index (χ3v) is 3.28. The smallest absolute Gasteiger partial charge is 0.304 e. The Hall–Kier alpha value is -1.82. The van der Waals surface area contributed by atoms with Gasteiger partial charge in [-0.25, -0.2) is 0 Å². The maximum atomic E-state index is 12.1. The highest BCUT2D eigenvalue weighted by Gasteiger charge is 2.23. The van der Waals surface area contributed by atoms with Crippen LogP contribution in [0.3, 0.4) is 0 Å². The molecule has 0 aromatic carbocycles. The summed E-state index contributed by atoms with van der Waals surface area (Å²) in [5.74, 6) is -0.0782. The van der Waals surface area contributed by atoms with Crippen LogP contribution in [0.15, 0.2) is 16.7 Å². The molecule has 0 spiro atoms. The van der Waals surface area contributed by atoms with Crippen molar-refractivity contribution in [1.82, 2.24) is 9.80 Å². The number of hydrogen-bond acceptors (Lipinski definition) is 4. The molecule has 1 saturated heterocycles. The lowest BCUT2D eigenvalue weighted by Gasteiger charge is -2.34. The monoisotopic (exact) mass is 266 g/mol. The van der Waals surface area contributed by atoms with Crippen LogP contribution in [0.2, 0.25) is 0 Å². The number of carboxylic acids is 1. The molecule has 1 aromatic heterocycles. The number of carbonyl (C=O) groups excluding carboxylic acids is 1. The molecule has 0 aliphatic carbocycles. The van der Waals surface area contributed by atoms with Gasteiger partial charge in [-0.05, 0) is 13.0 Å². The molecule has 0 atom stereocenters. The van der Waals surface area contributed by atoms with Crippen LogP contribution in [-0.4, -0.2) is 59.5 Å². The molecule has 0 saturated carbocycles. The van der Waals surface area contributed by atoms with Crippen LogP contribution in [0.4, 0.5) is 0 Å². The second-order valence-electron chi connectivity index (χ2n) is 4.72. The van der Waals surface area contributed by atoms with Crippen molar-refractivity contribution in [2.75, 3.05) is 32.7 Å². The lowest BCUT2D eigenvalue weighted by molar-refractivity contribution is -0.137. The van der Waals surface area contributed by atoms with Crippen molar-refractivity contribution in [1.29, 1.82) is 0 Å². The summed E-state index contributed by atoms with van der Waals surface area (Å²) in [5, 5.41) is 8.63. The Morgan fingerprint density at radius 2 is 2.00 bits per heavy atom. The molecule has 1 aromatic rings. The van der Waals surface area contributed by atoms with Gasteiger partial charge in [0, 0.05) is 32.7 Å². The molecular formula is C13H18N2O4. The minimum Gasteiger partial charge on any atom is -0.481 e. The normalized spacial score (nSPS) is 16.6. The molecule has 6 heteroatoms. The summed E-state index contributed by atoms with van der Waals surface area (Å²) in [6.45, 7) is 5.04. The Bertz CT molecular complexity index is 461. The molecule has 19 heavy (non-hydrogen) atoms. The lowest BCUT2D eigenvalue weighted by atomic mass is 10.2. The van der Waals surface area contributed by atoms with E-state index in [2.05, 4.69) is 4.90 Å². The van der Waals surface area contributed by atoms with E-state index in [4.69, 9.17) is 9.52 Å². The number of hydrogen-bond donors (Lipinski definition) is 1. The van der Waals surface area contributed by atoms with E-state index in [0.29, 0.717) is 25.2 Å². The van der Waals surface area contributed by atoms with Crippen molar-refractivity contribution in [3.05, 3.63) is 23.7 Å². The summed E-state index contributed by atoms with van der Waals surface area (Å²) in [6.07, 6.45) is 1.63. The summed E-state index contributed by atoms with van der Waals surface area (Å²) in [4.78, 5) is 26.5. The predicted molar refractivity (Wildman–Crippen MR) is 68.0 cm³/mol. The highest BCUT2D eigenvalue weighted by Crippen LogP contribution is 2.12. The molecule has 6 nitrogen and oxygen atoms in total. The topological polar surface area (TPSA) is 74.0 Å². The molecule has 1 aliphatic rings. The lowest BCUT2D eigenvalue weighted by Crippen LogP contribution is -2.49. The largest absolute Gasteiger partial charge is 0.481 e. The van der Waals surface area contributed by atoms with Crippen LogP contribution < -0.4 is 0 Å². The second kappa shape index (κ2) is 5.88. The van der Waals surface area contributed by atoms with Gasteiger partial charge in [0.15, 0.2) is 0 Å². The zero-order valence-corrected chi connectivity index (χ0v) is 11.0. The fourth-order valence-electron chi connectivity index (χ4n) is 2.17. The zero-order chi connectivity index (χ0) is 13.8. The van der Waals surface area contributed by atoms with Gasteiger partial charge in [0.05, 0.1) is 12.0 Å². The molecule has 1 amide bonds. The second-order valence-corrected chi connectivity index (χ2v) is 4.72. The molecule has 0 bridgehead atoms. The number of piperazine rings is 1. The SMILES string of the molecule is Cc1cc(C(=O)N2CCN(CCC(=O)O)CC2)co1. The van der Waals surface area contributed by atoms with Crippen LogP contribution >= 0.6 is 0 Å². The van der Waals surface area contributed by atoms with Crippen LogP contribution in [0.5, 0.6) is 0 Å². The molecule has 0 radical (unpaired) electrons. The van der Waals surface area contributed by atoms with Gasteiger partial charge >= 0.3 is 5.97 Å². The molecule has 0 unspecified atom stereocenters. The van der Waals surface area contributed by atoms with E-state index in [1.54, 1.807) is 17.9 Å². The Labute approximate surface area is 111 Å². The van der Waals surface area contributed by atoms with E-state index < -0.39 is 5.97 Å². The summed E-state index contributed by atoms with van der Waals surface area (Å²) < 4.78 is 5.14. The summed E-state index contributed by atoms with van der Waals surface area (Å²) in [7, 11) is 0. The van der Waals surface area contributed by atoms with Gasteiger partial charge in [0.25, 0.3) is 5.91 Å². The maximum absolute atomic E-state index is 12.1. The quantitative estimate of drug-likeness (QED) is 0.873. The first-order chi connectivity index (χ1) is 9.06. The highest BCUT2D eigenvalue weighted by atomic mass is 16.4. The van der Waals surface area contributed by atoms with Gasteiger partial charge in [-0.3, -0.25) is 14.5 Å². The van der Waals surface area contributed by atoms with Crippen LogP contribution in [0.1, 0.15) is 22.5 Å². The van der Waals surface area contributed by atoms with E-state index in [9.17, 15) is 9.59 Å². The first-order valence-electron chi connectivity index (χ1n) is 6.35. The highest BCUT2D eigenvalue weighted by molar-refractivity contribution is 5.94. The van der Waals surface area contributed by atoms with E-state index >= 15 is 0 Å². The number of nitrogens with zero attached hydrogens (tertiary/aromatic N) is 2. The van der Waals surface area contributed by atoms with Gasteiger partial charge < -0.3 is 14.4 Å². The van der Waals surface area contributed by atoms with Gasteiger partial charge in [-0.15, -0.1) is 0 Å². The number of amides is 1. The molecule has 1 aliphatic heterocycles. The zero-order valence-electron chi connectivity index (χ0n) is 11.0. The van der Waals surface area contributed by atoms with E-state index in [1.807, 2.05) is 0 Å². The van der Waals surface area contributed by atoms with Crippen LogP contribution in [-0.2, 0) is 4.79 Å². The number of carboxylic acid groups (broad SMARTS) is 1. The predicted octanol–water partition coefficient (Wildman–Crippen LogP) is 0.821. The average Bonchev–Trinajstić information content (AvgIpc) is 2.83. The Morgan fingerprint density at radius 3 is 2.53 bits per heavy atom. The molecule has 2 rings (SSSR count).